The van der Waals surface area contributed by atoms with Gasteiger partial charge in [-0.25, -0.2) is 14.4 Å². The summed E-state index contributed by atoms with van der Waals surface area (Å²) in [5.41, 5.74) is 2.35. The van der Waals surface area contributed by atoms with Crippen molar-refractivity contribution < 1.29 is 23.9 Å². The average Bonchev–Trinajstić information content (AvgIpc) is 2.99. The van der Waals surface area contributed by atoms with E-state index in [1.54, 1.807) is 20.8 Å². The molecule has 24 heavy (non-hydrogen) atoms. The molecule has 0 unspecified atom stereocenters. The standard InChI is InChI=1S/C18H19NO5/c1-18(2,3)24-17(22)19-14(15(20)23-16(19)21)10-12-9-8-11-6-4-5-7-13(11)12/h4-7,9,14H,8,10H2,1-3H3/t14-/m0/s1. The first-order valence-corrected chi connectivity index (χ1v) is 7.81. The van der Waals surface area contributed by atoms with Crippen LogP contribution in [0.15, 0.2) is 30.3 Å². The van der Waals surface area contributed by atoms with E-state index in [1.165, 1.54) is 0 Å². The number of amides is 2. The SMILES string of the molecule is CC(C)(C)OC(=O)N1C(=O)OC(=O)[C@@H]1CC1=CCc2ccccc21. The number of esters is 1. The molecule has 1 aromatic carbocycles. The van der Waals surface area contributed by atoms with E-state index in [0.717, 1.165) is 28.0 Å². The summed E-state index contributed by atoms with van der Waals surface area (Å²) in [6.45, 7) is 5.08. The summed E-state index contributed by atoms with van der Waals surface area (Å²) in [6.07, 6.45) is 1.16. The molecule has 6 heteroatoms. The maximum Gasteiger partial charge on any atom is 0.427 e. The minimum atomic E-state index is -0.996. The van der Waals surface area contributed by atoms with Crippen LogP contribution in [0.3, 0.4) is 0 Å². The molecule has 1 atom stereocenters. The summed E-state index contributed by atoms with van der Waals surface area (Å²) in [4.78, 5) is 37.0. The first-order chi connectivity index (χ1) is 11.3. The predicted octanol–water partition coefficient (Wildman–Crippen LogP) is 3.30. The van der Waals surface area contributed by atoms with E-state index in [2.05, 4.69) is 4.74 Å². The molecule has 2 aliphatic rings. The van der Waals surface area contributed by atoms with Crippen LogP contribution in [0.5, 0.6) is 0 Å². The highest BCUT2D eigenvalue weighted by Gasteiger charge is 2.47. The van der Waals surface area contributed by atoms with Crippen molar-refractivity contribution in [3.8, 4) is 0 Å². The Morgan fingerprint density at radius 3 is 2.71 bits per heavy atom. The fraction of sp³-hybridized carbons (Fsp3) is 0.389. The monoisotopic (exact) mass is 329 g/mol. The van der Waals surface area contributed by atoms with E-state index < -0.39 is 29.8 Å². The number of carbonyl (C=O) groups excluding carboxylic acids is 3. The van der Waals surface area contributed by atoms with Gasteiger partial charge in [0, 0.05) is 6.42 Å². The number of fused-ring (bicyclic) bond motifs is 1. The molecule has 1 heterocycles. The van der Waals surface area contributed by atoms with E-state index in [0.29, 0.717) is 0 Å². The van der Waals surface area contributed by atoms with Crippen molar-refractivity contribution in [1.29, 1.82) is 0 Å². The van der Waals surface area contributed by atoms with Crippen molar-refractivity contribution in [2.75, 3.05) is 0 Å². The predicted molar refractivity (Wildman–Crippen MR) is 86.1 cm³/mol. The van der Waals surface area contributed by atoms with E-state index in [1.807, 2.05) is 30.3 Å². The van der Waals surface area contributed by atoms with Gasteiger partial charge in [-0.2, -0.15) is 4.90 Å². The molecule has 2 amide bonds. The van der Waals surface area contributed by atoms with Crippen molar-refractivity contribution in [3.05, 3.63) is 41.5 Å². The molecule has 0 N–H and O–H groups in total. The van der Waals surface area contributed by atoms with E-state index in [4.69, 9.17) is 4.74 Å². The molecule has 0 spiro atoms. The molecule has 1 fully saturated rings. The number of cyclic esters (lactones) is 2. The average molecular weight is 329 g/mol. The van der Waals surface area contributed by atoms with E-state index in [9.17, 15) is 14.4 Å². The third kappa shape index (κ3) is 3.04. The lowest BCUT2D eigenvalue weighted by atomic mass is 9.99. The Kier molecular flexibility index (Phi) is 3.91. The van der Waals surface area contributed by atoms with Crippen molar-refractivity contribution in [1.82, 2.24) is 4.90 Å². The largest absolute Gasteiger partial charge is 0.443 e. The van der Waals surface area contributed by atoms with Crippen molar-refractivity contribution >= 4 is 23.7 Å². The lowest BCUT2D eigenvalue weighted by Crippen LogP contribution is -2.43. The van der Waals surface area contributed by atoms with Crippen molar-refractivity contribution in [2.24, 2.45) is 0 Å². The van der Waals surface area contributed by atoms with Crippen LogP contribution in [-0.4, -0.2) is 34.7 Å². The fourth-order valence-corrected chi connectivity index (χ4v) is 2.88. The Balaban J connectivity index is 1.82. The third-order valence-electron chi connectivity index (χ3n) is 3.90. The molecule has 1 saturated heterocycles. The minimum absolute atomic E-state index is 0.223. The quantitative estimate of drug-likeness (QED) is 0.615. The molecular formula is C18H19NO5. The molecule has 0 aromatic heterocycles. The summed E-state index contributed by atoms with van der Waals surface area (Å²) >= 11 is 0. The second-order valence-electron chi connectivity index (χ2n) is 6.85. The number of benzene rings is 1. The Morgan fingerprint density at radius 1 is 1.29 bits per heavy atom. The highest BCUT2D eigenvalue weighted by molar-refractivity contribution is 6.04. The molecule has 0 saturated carbocycles. The van der Waals surface area contributed by atoms with Crippen molar-refractivity contribution in [3.63, 3.8) is 0 Å². The van der Waals surface area contributed by atoms with Crippen LogP contribution in [0.25, 0.3) is 5.57 Å². The van der Waals surface area contributed by atoms with Crippen LogP contribution in [0.4, 0.5) is 9.59 Å². The Bertz CT molecular complexity index is 744. The van der Waals surface area contributed by atoms with Crippen LogP contribution < -0.4 is 0 Å². The van der Waals surface area contributed by atoms with Crippen LogP contribution in [-0.2, 0) is 20.7 Å². The lowest BCUT2D eigenvalue weighted by Gasteiger charge is -2.24. The van der Waals surface area contributed by atoms with Gasteiger partial charge in [0.25, 0.3) is 0 Å². The minimum Gasteiger partial charge on any atom is -0.443 e. The van der Waals surface area contributed by atoms with Gasteiger partial charge in [0.05, 0.1) is 0 Å². The zero-order valence-electron chi connectivity index (χ0n) is 13.9. The summed E-state index contributed by atoms with van der Waals surface area (Å²) < 4.78 is 9.86. The first kappa shape index (κ1) is 16.2. The number of rotatable bonds is 2. The highest BCUT2D eigenvalue weighted by Crippen LogP contribution is 2.33. The van der Waals surface area contributed by atoms with Gasteiger partial charge in [-0.15, -0.1) is 0 Å². The van der Waals surface area contributed by atoms with Crippen LogP contribution in [0.2, 0.25) is 0 Å². The zero-order chi connectivity index (χ0) is 17.5. The molecule has 0 radical (unpaired) electrons. The van der Waals surface area contributed by atoms with Gasteiger partial charge in [-0.05, 0) is 43.9 Å². The molecular weight excluding hydrogens is 310 g/mol. The number of nitrogens with zero attached hydrogens (tertiary/aromatic N) is 1. The molecule has 1 aromatic rings. The van der Waals surface area contributed by atoms with Gasteiger partial charge in [-0.1, -0.05) is 30.3 Å². The summed E-state index contributed by atoms with van der Waals surface area (Å²) in [5.74, 6) is -0.726. The van der Waals surface area contributed by atoms with Gasteiger partial charge >= 0.3 is 18.2 Å². The van der Waals surface area contributed by atoms with Gasteiger partial charge in [0.1, 0.15) is 11.6 Å². The lowest BCUT2D eigenvalue weighted by molar-refractivity contribution is -0.135. The molecule has 126 valence electrons. The highest BCUT2D eigenvalue weighted by atomic mass is 16.6. The van der Waals surface area contributed by atoms with Gasteiger partial charge < -0.3 is 9.47 Å². The van der Waals surface area contributed by atoms with Crippen LogP contribution in [0.1, 0.15) is 38.3 Å². The number of hydrogen-bond acceptors (Lipinski definition) is 5. The third-order valence-corrected chi connectivity index (χ3v) is 3.90. The van der Waals surface area contributed by atoms with Gasteiger partial charge in [0.2, 0.25) is 0 Å². The normalized spacial score (nSPS) is 19.9. The summed E-state index contributed by atoms with van der Waals surface area (Å²) in [7, 11) is 0. The Hall–Kier alpha value is -2.63. The molecule has 1 aliphatic carbocycles. The van der Waals surface area contributed by atoms with Gasteiger partial charge in [-0.3, -0.25) is 0 Å². The molecule has 1 aliphatic heterocycles. The fourth-order valence-electron chi connectivity index (χ4n) is 2.88. The Labute approximate surface area is 140 Å². The van der Waals surface area contributed by atoms with Crippen LogP contribution >= 0.6 is 0 Å². The smallest absolute Gasteiger partial charge is 0.427 e. The maximum atomic E-state index is 12.3. The van der Waals surface area contributed by atoms with Crippen molar-refractivity contribution in [2.45, 2.75) is 45.3 Å². The Morgan fingerprint density at radius 2 is 2.00 bits per heavy atom. The topological polar surface area (TPSA) is 72.9 Å². The molecule has 3 rings (SSSR count). The summed E-state index contributed by atoms with van der Waals surface area (Å²) in [6, 6.07) is 6.86. The first-order valence-electron chi connectivity index (χ1n) is 7.81. The zero-order valence-corrected chi connectivity index (χ0v) is 13.9. The number of imide groups is 1. The van der Waals surface area contributed by atoms with Crippen LogP contribution in [0, 0.1) is 0 Å². The molecule has 6 nitrogen and oxygen atoms in total. The van der Waals surface area contributed by atoms with E-state index in [-0.39, 0.29) is 6.42 Å². The number of allylic oxidation sites excluding steroid dienone is 1. The molecule has 0 bridgehead atoms. The number of ether oxygens (including phenoxy) is 2. The number of hydrogen-bond donors (Lipinski definition) is 0. The second kappa shape index (κ2) is 5.78. The van der Waals surface area contributed by atoms with E-state index >= 15 is 0 Å². The number of carbonyl (C=O) groups is 3. The summed E-state index contributed by atoms with van der Waals surface area (Å²) in [5, 5.41) is 0. The second-order valence-corrected chi connectivity index (χ2v) is 6.85. The van der Waals surface area contributed by atoms with Gasteiger partial charge in [0.15, 0.2) is 0 Å². The maximum absolute atomic E-state index is 12.3.